The molecule has 0 saturated heterocycles. The van der Waals surface area contributed by atoms with Crippen LogP contribution < -0.4 is 5.43 Å². The Bertz CT molecular complexity index is 1100. The summed E-state index contributed by atoms with van der Waals surface area (Å²) in [4.78, 5) is 28.2. The molecule has 3 nitrogen and oxygen atoms in total. The first-order valence-corrected chi connectivity index (χ1v) is 7.22. The number of nitrogens with one attached hydrogen (secondary N) is 1. The van der Waals surface area contributed by atoms with Gasteiger partial charge in [-0.2, -0.15) is 0 Å². The first-order valence-electron chi connectivity index (χ1n) is 7.22. The SMILES string of the molecule is O=C(c1[c-]cccc1)c1[c-]cc2c(=O)c3ccccc3[nH]c2c1.[Mn+2]. The number of aromatic nitrogens is 1. The largest absolute Gasteiger partial charge is 2.00 e. The van der Waals surface area contributed by atoms with Crippen molar-refractivity contribution in [2.45, 2.75) is 0 Å². The third-order valence-corrected chi connectivity index (χ3v) is 3.83. The molecule has 115 valence electrons. The van der Waals surface area contributed by atoms with E-state index in [2.05, 4.69) is 17.1 Å². The van der Waals surface area contributed by atoms with Gasteiger partial charge in [-0.05, 0) is 23.0 Å². The van der Waals surface area contributed by atoms with Crippen LogP contribution in [0.1, 0.15) is 15.9 Å². The van der Waals surface area contributed by atoms with Crippen molar-refractivity contribution in [1.82, 2.24) is 4.98 Å². The number of benzene rings is 3. The number of H-pyrrole nitrogens is 1. The predicted octanol–water partition coefficient (Wildman–Crippen LogP) is 3.51. The van der Waals surface area contributed by atoms with Crippen LogP contribution in [0.4, 0.5) is 0 Å². The van der Waals surface area contributed by atoms with Gasteiger partial charge in [0, 0.05) is 10.9 Å². The molecule has 0 unspecified atom stereocenters. The van der Waals surface area contributed by atoms with Crippen LogP contribution in [0.15, 0.2) is 65.5 Å². The summed E-state index contributed by atoms with van der Waals surface area (Å²) in [5.41, 5.74) is 2.21. The van der Waals surface area contributed by atoms with Crippen LogP contribution in [0.5, 0.6) is 0 Å². The van der Waals surface area contributed by atoms with Crippen LogP contribution >= 0.6 is 0 Å². The number of hydrogen-bond donors (Lipinski definition) is 1. The predicted molar refractivity (Wildman–Crippen MR) is 89.6 cm³/mol. The molecule has 3 aromatic carbocycles. The molecule has 0 amide bonds. The van der Waals surface area contributed by atoms with Crippen molar-refractivity contribution in [2.24, 2.45) is 0 Å². The van der Waals surface area contributed by atoms with Gasteiger partial charge in [-0.25, -0.2) is 0 Å². The fourth-order valence-corrected chi connectivity index (χ4v) is 2.67. The van der Waals surface area contributed by atoms with Crippen LogP contribution in [-0.2, 0) is 17.1 Å². The Morgan fingerprint density at radius 3 is 2.46 bits per heavy atom. The number of carbonyl (C=O) groups is 1. The minimum absolute atomic E-state index is 0. The Morgan fingerprint density at radius 1 is 0.875 bits per heavy atom. The molecule has 24 heavy (non-hydrogen) atoms. The van der Waals surface area contributed by atoms with Crippen molar-refractivity contribution in [2.75, 3.05) is 0 Å². The van der Waals surface area contributed by atoms with Gasteiger partial charge in [-0.15, -0.1) is 59.7 Å². The van der Waals surface area contributed by atoms with Crippen molar-refractivity contribution in [1.29, 1.82) is 0 Å². The number of hydrogen-bond acceptors (Lipinski definition) is 2. The molecule has 1 heterocycles. The molecular formula is C20H11MnNO2. The number of rotatable bonds is 2. The summed E-state index contributed by atoms with van der Waals surface area (Å²) in [6.45, 7) is 0. The summed E-state index contributed by atoms with van der Waals surface area (Å²) in [5.74, 6) is -0.165. The van der Waals surface area contributed by atoms with E-state index in [0.29, 0.717) is 27.4 Å². The Labute approximate surface area is 148 Å². The van der Waals surface area contributed by atoms with Crippen molar-refractivity contribution in [3.05, 3.63) is 94.1 Å². The summed E-state index contributed by atoms with van der Waals surface area (Å²) in [5, 5.41) is 1.15. The quantitative estimate of drug-likeness (QED) is 0.260. The van der Waals surface area contributed by atoms with Crippen molar-refractivity contribution >= 4 is 27.6 Å². The number of carbonyl (C=O) groups excluding carboxylic acids is 1. The average molecular weight is 352 g/mol. The maximum Gasteiger partial charge on any atom is 2.00 e. The zero-order valence-corrected chi connectivity index (χ0v) is 13.6. The van der Waals surface area contributed by atoms with Crippen LogP contribution in [0.25, 0.3) is 21.8 Å². The maximum absolute atomic E-state index is 12.5. The molecule has 0 bridgehead atoms. The monoisotopic (exact) mass is 352 g/mol. The molecule has 0 atom stereocenters. The van der Waals surface area contributed by atoms with E-state index in [-0.39, 0.29) is 28.3 Å². The number of para-hydroxylation sites is 1. The van der Waals surface area contributed by atoms with Gasteiger partial charge in [-0.3, -0.25) is 4.79 Å². The van der Waals surface area contributed by atoms with Gasteiger partial charge in [-0.1, -0.05) is 12.1 Å². The first kappa shape index (κ1) is 16.2. The van der Waals surface area contributed by atoms with Gasteiger partial charge in [0.05, 0.1) is 5.78 Å². The zero-order chi connectivity index (χ0) is 15.8. The molecule has 1 N–H and O–H groups in total. The maximum atomic E-state index is 12.5. The third-order valence-electron chi connectivity index (χ3n) is 3.83. The molecular weight excluding hydrogens is 341 g/mol. The number of ketones is 1. The number of aromatic amines is 1. The van der Waals surface area contributed by atoms with E-state index in [0.717, 1.165) is 5.52 Å². The van der Waals surface area contributed by atoms with Crippen molar-refractivity contribution < 1.29 is 21.9 Å². The van der Waals surface area contributed by atoms with Crippen molar-refractivity contribution in [3.63, 3.8) is 0 Å². The first-order chi connectivity index (χ1) is 11.2. The second-order valence-corrected chi connectivity index (χ2v) is 5.28. The van der Waals surface area contributed by atoms with Crippen LogP contribution in [-0.4, -0.2) is 10.8 Å². The molecule has 0 saturated carbocycles. The summed E-state index contributed by atoms with van der Waals surface area (Å²) in [6, 6.07) is 23.4. The number of pyridine rings is 1. The molecule has 0 aliphatic heterocycles. The second-order valence-electron chi connectivity index (χ2n) is 5.28. The molecule has 1 aromatic heterocycles. The van der Waals surface area contributed by atoms with E-state index in [4.69, 9.17) is 0 Å². The molecule has 0 fully saturated rings. The minimum atomic E-state index is -0.165. The molecule has 4 heteroatoms. The summed E-state index contributed by atoms with van der Waals surface area (Å²) >= 11 is 0. The van der Waals surface area contributed by atoms with Gasteiger partial charge >= 0.3 is 17.1 Å². The Hall–Kier alpha value is -2.68. The van der Waals surface area contributed by atoms with E-state index in [1.165, 1.54) is 0 Å². The van der Waals surface area contributed by atoms with Gasteiger partial charge in [0.25, 0.3) is 0 Å². The van der Waals surface area contributed by atoms with Gasteiger partial charge in [0.15, 0.2) is 5.43 Å². The zero-order valence-electron chi connectivity index (χ0n) is 12.5. The second kappa shape index (κ2) is 6.44. The summed E-state index contributed by atoms with van der Waals surface area (Å²) < 4.78 is 0. The van der Waals surface area contributed by atoms with E-state index < -0.39 is 0 Å². The van der Waals surface area contributed by atoms with E-state index in [1.54, 1.807) is 36.4 Å². The van der Waals surface area contributed by atoms with E-state index in [1.807, 2.05) is 24.3 Å². The molecule has 0 spiro atoms. The topological polar surface area (TPSA) is 49.9 Å². The normalized spacial score (nSPS) is 10.5. The Kier molecular flexibility index (Phi) is 4.34. The molecule has 0 aliphatic carbocycles. The van der Waals surface area contributed by atoms with Gasteiger partial charge < -0.3 is 9.78 Å². The standard InChI is InChI=1S/C20H11NO2.Mn/c22-19(13-6-2-1-3-7-13)14-10-11-16-18(12-14)21-17-9-5-4-8-15(17)20(16)23;/h1-6,8-9,11-12H,(H,21,23);/q-2;+2. The van der Waals surface area contributed by atoms with Crippen LogP contribution in [0.3, 0.4) is 0 Å². The molecule has 4 aromatic rings. The van der Waals surface area contributed by atoms with E-state index >= 15 is 0 Å². The Morgan fingerprint density at radius 2 is 1.67 bits per heavy atom. The fraction of sp³-hybridized carbons (Fsp3) is 0. The van der Waals surface area contributed by atoms with Crippen LogP contribution in [0, 0.1) is 12.1 Å². The van der Waals surface area contributed by atoms with E-state index in [9.17, 15) is 9.59 Å². The third kappa shape index (κ3) is 2.67. The van der Waals surface area contributed by atoms with Gasteiger partial charge in [0.2, 0.25) is 0 Å². The van der Waals surface area contributed by atoms with Crippen molar-refractivity contribution in [3.8, 4) is 0 Å². The van der Waals surface area contributed by atoms with Gasteiger partial charge in [0.1, 0.15) is 0 Å². The average Bonchev–Trinajstić information content (AvgIpc) is 2.61. The molecule has 0 aliphatic rings. The van der Waals surface area contributed by atoms with Crippen LogP contribution in [0.2, 0.25) is 0 Å². The molecule has 1 radical (unpaired) electrons. The fourth-order valence-electron chi connectivity index (χ4n) is 2.67. The molecule has 4 rings (SSSR count). The minimum Gasteiger partial charge on any atom is -0.371 e. The smallest absolute Gasteiger partial charge is 0.371 e. The Balaban J connectivity index is 0.00000169. The summed E-state index contributed by atoms with van der Waals surface area (Å²) in [6.07, 6.45) is 0. The summed E-state index contributed by atoms with van der Waals surface area (Å²) in [7, 11) is 0. The number of fused-ring (bicyclic) bond motifs is 2.